The number of aryl methyl sites for hydroxylation is 5. The molecule has 0 aliphatic heterocycles. The van der Waals surface area contributed by atoms with Gasteiger partial charge in [0.05, 0.1) is 11.4 Å². The van der Waals surface area contributed by atoms with E-state index in [0.29, 0.717) is 29.9 Å². The monoisotopic (exact) mass is 460 g/mol. The van der Waals surface area contributed by atoms with Gasteiger partial charge in [0.15, 0.2) is 0 Å². The largest absolute Gasteiger partial charge is 0.326 e. The first-order valence-corrected chi connectivity index (χ1v) is 11.5. The standard InChI is InChI=1S/C27H29FN4O2/c1-6-31-26-25(19(5)30-32(26)22-9-7-8-20(28)15-22)18(4)23(27(31)34)12-13-24(33)29-21-11-10-16(2)17(3)14-21/h7-11,14-15H,6,12-13H2,1-5H3,(H,29,33). The third-order valence-corrected chi connectivity index (χ3v) is 6.38. The summed E-state index contributed by atoms with van der Waals surface area (Å²) in [5, 5.41) is 8.41. The third kappa shape index (κ3) is 4.25. The first kappa shape index (κ1) is 23.4. The number of hydrogen-bond acceptors (Lipinski definition) is 3. The van der Waals surface area contributed by atoms with Crippen LogP contribution in [0, 0.1) is 33.5 Å². The number of benzene rings is 2. The average molecular weight is 461 g/mol. The Labute approximate surface area is 198 Å². The number of nitrogens with one attached hydrogen (secondary N) is 1. The maximum absolute atomic E-state index is 13.9. The van der Waals surface area contributed by atoms with E-state index in [-0.39, 0.29) is 23.7 Å². The van der Waals surface area contributed by atoms with E-state index in [1.54, 1.807) is 21.4 Å². The Hall–Kier alpha value is -3.74. The van der Waals surface area contributed by atoms with Gasteiger partial charge in [-0.1, -0.05) is 12.1 Å². The zero-order valence-electron chi connectivity index (χ0n) is 20.2. The first-order chi connectivity index (χ1) is 16.2. The van der Waals surface area contributed by atoms with Crippen LogP contribution in [0.15, 0.2) is 47.3 Å². The summed E-state index contributed by atoms with van der Waals surface area (Å²) >= 11 is 0. The van der Waals surface area contributed by atoms with E-state index < -0.39 is 0 Å². The van der Waals surface area contributed by atoms with Crippen LogP contribution < -0.4 is 10.9 Å². The molecule has 0 spiro atoms. The van der Waals surface area contributed by atoms with E-state index in [1.165, 1.54) is 12.1 Å². The molecule has 0 aliphatic rings. The van der Waals surface area contributed by atoms with Crippen LogP contribution in [0.25, 0.3) is 16.7 Å². The van der Waals surface area contributed by atoms with Crippen LogP contribution in [-0.2, 0) is 17.8 Å². The van der Waals surface area contributed by atoms with Crippen molar-refractivity contribution in [2.24, 2.45) is 0 Å². The van der Waals surface area contributed by atoms with Crippen molar-refractivity contribution in [3.05, 3.63) is 86.6 Å². The normalized spacial score (nSPS) is 11.2. The number of hydrogen-bond donors (Lipinski definition) is 1. The predicted molar refractivity (Wildman–Crippen MR) is 133 cm³/mol. The molecule has 0 fully saturated rings. The van der Waals surface area contributed by atoms with E-state index >= 15 is 0 Å². The van der Waals surface area contributed by atoms with E-state index in [0.717, 1.165) is 33.5 Å². The highest BCUT2D eigenvalue weighted by molar-refractivity contribution is 5.91. The summed E-state index contributed by atoms with van der Waals surface area (Å²) in [5.74, 6) is -0.510. The molecule has 1 N–H and O–H groups in total. The molecule has 0 saturated heterocycles. The van der Waals surface area contributed by atoms with Crippen LogP contribution in [0.2, 0.25) is 0 Å². The summed E-state index contributed by atoms with van der Waals surface area (Å²) in [4.78, 5) is 26.1. The van der Waals surface area contributed by atoms with Crippen molar-refractivity contribution in [3.63, 3.8) is 0 Å². The molecule has 0 radical (unpaired) electrons. The minimum absolute atomic E-state index is 0.141. The molecule has 34 heavy (non-hydrogen) atoms. The SMILES string of the molecule is CCn1c(=O)c(CCC(=O)Nc2ccc(C)c(C)c2)c(C)c2c(C)nn(-c3cccc(F)c3)c21. The second kappa shape index (κ2) is 9.25. The number of carbonyl (C=O) groups is 1. The Bertz CT molecular complexity index is 1470. The zero-order valence-corrected chi connectivity index (χ0v) is 20.2. The number of pyridine rings is 1. The lowest BCUT2D eigenvalue weighted by Crippen LogP contribution is -2.27. The molecule has 7 heteroatoms. The zero-order chi connectivity index (χ0) is 24.6. The lowest BCUT2D eigenvalue weighted by atomic mass is 10.0. The molecule has 2 aromatic carbocycles. The second-order valence-corrected chi connectivity index (χ2v) is 8.68. The highest BCUT2D eigenvalue weighted by Gasteiger charge is 2.21. The van der Waals surface area contributed by atoms with Crippen molar-refractivity contribution in [2.45, 2.75) is 54.0 Å². The van der Waals surface area contributed by atoms with E-state index in [2.05, 4.69) is 10.4 Å². The fourth-order valence-electron chi connectivity index (χ4n) is 4.43. The molecule has 0 atom stereocenters. The molecule has 0 bridgehead atoms. The van der Waals surface area contributed by atoms with Gasteiger partial charge in [-0.25, -0.2) is 9.07 Å². The Morgan fingerprint density at radius 1 is 1.06 bits per heavy atom. The van der Waals surface area contributed by atoms with E-state index in [9.17, 15) is 14.0 Å². The van der Waals surface area contributed by atoms with Gasteiger partial charge in [0.25, 0.3) is 5.56 Å². The molecule has 0 unspecified atom stereocenters. The number of aromatic nitrogens is 3. The van der Waals surface area contributed by atoms with E-state index in [1.807, 2.05) is 52.8 Å². The number of halogens is 1. The number of rotatable bonds is 6. The van der Waals surface area contributed by atoms with Gasteiger partial charge in [-0.3, -0.25) is 14.2 Å². The van der Waals surface area contributed by atoms with Gasteiger partial charge in [0.1, 0.15) is 11.5 Å². The number of amides is 1. The summed E-state index contributed by atoms with van der Waals surface area (Å²) in [5.41, 5.74) is 6.22. The molecule has 0 aliphatic carbocycles. The predicted octanol–water partition coefficient (Wildman–Crippen LogP) is 5.15. The minimum atomic E-state index is -0.368. The summed E-state index contributed by atoms with van der Waals surface area (Å²) in [6, 6.07) is 12.0. The number of anilines is 1. The molecule has 2 heterocycles. The molecule has 176 valence electrons. The minimum Gasteiger partial charge on any atom is -0.326 e. The van der Waals surface area contributed by atoms with Gasteiger partial charge in [0, 0.05) is 29.6 Å². The maximum atomic E-state index is 13.9. The smallest absolute Gasteiger partial charge is 0.255 e. The van der Waals surface area contributed by atoms with Gasteiger partial charge in [0.2, 0.25) is 5.91 Å². The highest BCUT2D eigenvalue weighted by atomic mass is 19.1. The molecule has 0 saturated carbocycles. The summed E-state index contributed by atoms with van der Waals surface area (Å²) in [6.45, 7) is 10.1. The van der Waals surface area contributed by atoms with Crippen molar-refractivity contribution in [1.29, 1.82) is 0 Å². The quantitative estimate of drug-likeness (QED) is 0.433. The number of nitrogens with zero attached hydrogens (tertiary/aromatic N) is 3. The fraction of sp³-hybridized carbons (Fsp3) is 0.296. The first-order valence-electron chi connectivity index (χ1n) is 11.5. The molecule has 4 aromatic rings. The topological polar surface area (TPSA) is 68.9 Å². The molecule has 1 amide bonds. The third-order valence-electron chi connectivity index (χ3n) is 6.38. The molecule has 4 rings (SSSR count). The Morgan fingerprint density at radius 3 is 2.50 bits per heavy atom. The van der Waals surface area contributed by atoms with Gasteiger partial charge in [-0.05, 0) is 88.1 Å². The van der Waals surface area contributed by atoms with Crippen LogP contribution in [0.5, 0.6) is 0 Å². The van der Waals surface area contributed by atoms with Crippen molar-refractivity contribution in [2.75, 3.05) is 5.32 Å². The van der Waals surface area contributed by atoms with E-state index in [4.69, 9.17) is 0 Å². The fourth-order valence-corrected chi connectivity index (χ4v) is 4.43. The number of fused-ring (bicyclic) bond motifs is 1. The number of carbonyl (C=O) groups excluding carboxylic acids is 1. The van der Waals surface area contributed by atoms with Gasteiger partial charge in [-0.2, -0.15) is 5.10 Å². The highest BCUT2D eigenvalue weighted by Crippen LogP contribution is 2.26. The van der Waals surface area contributed by atoms with Crippen LogP contribution in [0.3, 0.4) is 0 Å². The summed E-state index contributed by atoms with van der Waals surface area (Å²) < 4.78 is 17.2. The molecular weight excluding hydrogens is 431 g/mol. The Morgan fingerprint density at radius 2 is 1.82 bits per heavy atom. The van der Waals surface area contributed by atoms with Crippen LogP contribution >= 0.6 is 0 Å². The lowest BCUT2D eigenvalue weighted by Gasteiger charge is -2.14. The average Bonchev–Trinajstić information content (AvgIpc) is 3.13. The maximum Gasteiger partial charge on any atom is 0.255 e. The molecular formula is C27H29FN4O2. The summed E-state index contributed by atoms with van der Waals surface area (Å²) in [7, 11) is 0. The van der Waals surface area contributed by atoms with Gasteiger partial charge >= 0.3 is 0 Å². The lowest BCUT2D eigenvalue weighted by molar-refractivity contribution is -0.116. The van der Waals surface area contributed by atoms with Crippen LogP contribution in [-0.4, -0.2) is 20.3 Å². The second-order valence-electron chi connectivity index (χ2n) is 8.68. The van der Waals surface area contributed by atoms with Gasteiger partial charge in [-0.15, -0.1) is 0 Å². The van der Waals surface area contributed by atoms with Crippen molar-refractivity contribution < 1.29 is 9.18 Å². The summed E-state index contributed by atoms with van der Waals surface area (Å²) in [6.07, 6.45) is 0.511. The van der Waals surface area contributed by atoms with Gasteiger partial charge < -0.3 is 5.32 Å². The van der Waals surface area contributed by atoms with Crippen molar-refractivity contribution in [1.82, 2.24) is 14.3 Å². The van der Waals surface area contributed by atoms with Crippen molar-refractivity contribution in [3.8, 4) is 5.69 Å². The van der Waals surface area contributed by atoms with Crippen LogP contribution in [0.1, 0.15) is 41.3 Å². The molecule has 6 nitrogen and oxygen atoms in total. The van der Waals surface area contributed by atoms with Crippen LogP contribution in [0.4, 0.5) is 10.1 Å². The van der Waals surface area contributed by atoms with Crippen molar-refractivity contribution >= 4 is 22.6 Å². The Kier molecular flexibility index (Phi) is 6.37. The Balaban J connectivity index is 1.70. The molecule has 2 aromatic heterocycles.